The Morgan fingerprint density at radius 1 is 1.21 bits per heavy atom. The molecule has 0 spiro atoms. The van der Waals surface area contributed by atoms with Crippen LogP contribution in [0, 0.1) is 0 Å². The number of pyridine rings is 2. The number of nitrogens with one attached hydrogen (secondary N) is 1. The summed E-state index contributed by atoms with van der Waals surface area (Å²) < 4.78 is 1.99. The van der Waals surface area contributed by atoms with E-state index >= 15 is 0 Å². The average Bonchev–Trinajstić information content (AvgIpc) is 3.22. The highest BCUT2D eigenvalue weighted by molar-refractivity contribution is 5.83. The van der Waals surface area contributed by atoms with Gasteiger partial charge in [0.25, 0.3) is 0 Å². The predicted molar refractivity (Wildman–Crippen MR) is 98.3 cm³/mol. The molecule has 4 rings (SSSR count). The minimum atomic E-state index is 0.576. The van der Waals surface area contributed by atoms with Crippen LogP contribution in [-0.2, 0) is 6.42 Å². The van der Waals surface area contributed by atoms with Gasteiger partial charge in [0.1, 0.15) is 5.82 Å². The van der Waals surface area contributed by atoms with Crippen molar-refractivity contribution in [1.82, 2.24) is 14.6 Å². The predicted octanol–water partition coefficient (Wildman–Crippen LogP) is 4.70. The van der Waals surface area contributed by atoms with Gasteiger partial charge in [0.05, 0.1) is 11.2 Å². The lowest BCUT2D eigenvalue weighted by Crippen LogP contribution is -2.15. The number of aromatic nitrogens is 3. The van der Waals surface area contributed by atoms with Crippen LogP contribution in [0.15, 0.2) is 42.7 Å². The van der Waals surface area contributed by atoms with Crippen molar-refractivity contribution in [3.05, 3.63) is 48.4 Å². The summed E-state index contributed by atoms with van der Waals surface area (Å²) in [6, 6.07) is 11.1. The second-order valence-corrected chi connectivity index (χ2v) is 6.66. The Morgan fingerprint density at radius 3 is 2.92 bits per heavy atom. The van der Waals surface area contributed by atoms with Crippen molar-refractivity contribution in [1.29, 1.82) is 0 Å². The number of anilines is 1. The van der Waals surface area contributed by atoms with Crippen molar-refractivity contribution in [2.75, 3.05) is 5.32 Å². The van der Waals surface area contributed by atoms with Gasteiger partial charge in [-0.1, -0.05) is 32.3 Å². The highest BCUT2D eigenvalue weighted by Crippen LogP contribution is 2.31. The molecule has 0 aliphatic heterocycles. The number of aryl methyl sites for hydroxylation is 1. The highest BCUT2D eigenvalue weighted by atomic mass is 15.2. The second kappa shape index (κ2) is 6.63. The van der Waals surface area contributed by atoms with Gasteiger partial charge in [0.15, 0.2) is 0 Å². The van der Waals surface area contributed by atoms with Gasteiger partial charge >= 0.3 is 0 Å². The molecule has 0 aromatic carbocycles. The maximum atomic E-state index is 4.79. The summed E-state index contributed by atoms with van der Waals surface area (Å²) in [5.74, 6) is 0.983. The Bertz CT molecular complexity index is 831. The van der Waals surface area contributed by atoms with Crippen LogP contribution in [0.5, 0.6) is 0 Å². The Morgan fingerprint density at radius 2 is 2.08 bits per heavy atom. The molecular weight excluding hydrogens is 296 g/mol. The summed E-state index contributed by atoms with van der Waals surface area (Å²) >= 11 is 0. The molecule has 0 radical (unpaired) electrons. The maximum absolute atomic E-state index is 4.79. The molecule has 0 amide bonds. The molecule has 1 N–H and O–H groups in total. The third-order valence-corrected chi connectivity index (χ3v) is 4.86. The Balaban J connectivity index is 1.74. The van der Waals surface area contributed by atoms with Gasteiger partial charge in [-0.25, -0.2) is 9.50 Å². The van der Waals surface area contributed by atoms with E-state index in [2.05, 4.69) is 41.5 Å². The first-order chi connectivity index (χ1) is 11.8. The van der Waals surface area contributed by atoms with E-state index in [9.17, 15) is 0 Å². The zero-order valence-electron chi connectivity index (χ0n) is 14.2. The molecule has 1 fully saturated rings. The van der Waals surface area contributed by atoms with Crippen molar-refractivity contribution < 1.29 is 0 Å². The minimum absolute atomic E-state index is 0.576. The van der Waals surface area contributed by atoms with Crippen LogP contribution in [0.2, 0.25) is 0 Å². The van der Waals surface area contributed by atoms with Crippen LogP contribution in [0.4, 0.5) is 5.82 Å². The van der Waals surface area contributed by atoms with Gasteiger partial charge in [0, 0.05) is 24.0 Å². The molecule has 3 aromatic rings. The van der Waals surface area contributed by atoms with Crippen LogP contribution < -0.4 is 5.32 Å². The zero-order valence-corrected chi connectivity index (χ0v) is 14.2. The Labute approximate surface area is 142 Å². The van der Waals surface area contributed by atoms with Crippen LogP contribution in [0.25, 0.3) is 16.6 Å². The number of nitrogens with zero attached hydrogens (tertiary/aromatic N) is 3. The molecule has 0 atom stereocenters. The first-order valence-electron chi connectivity index (χ1n) is 9.04. The number of fused-ring (bicyclic) bond motifs is 1. The van der Waals surface area contributed by atoms with E-state index in [1.54, 1.807) is 0 Å². The molecule has 1 aliphatic rings. The Kier molecular flexibility index (Phi) is 4.20. The van der Waals surface area contributed by atoms with Crippen LogP contribution in [-0.4, -0.2) is 20.6 Å². The van der Waals surface area contributed by atoms with E-state index in [0.717, 1.165) is 18.7 Å². The molecule has 1 aliphatic carbocycles. The van der Waals surface area contributed by atoms with Crippen molar-refractivity contribution in [2.45, 2.75) is 51.5 Å². The smallest absolute Gasteiger partial charge is 0.126 e. The molecular formula is C20H24N4. The van der Waals surface area contributed by atoms with Crippen LogP contribution >= 0.6 is 0 Å². The van der Waals surface area contributed by atoms with Gasteiger partial charge in [-0.2, -0.15) is 5.10 Å². The van der Waals surface area contributed by atoms with Gasteiger partial charge < -0.3 is 5.32 Å². The molecule has 0 bridgehead atoms. The average molecular weight is 320 g/mol. The largest absolute Gasteiger partial charge is 0.367 e. The lowest BCUT2D eigenvalue weighted by molar-refractivity contribution is 0.750. The zero-order chi connectivity index (χ0) is 16.4. The molecule has 24 heavy (non-hydrogen) atoms. The van der Waals surface area contributed by atoms with Crippen molar-refractivity contribution in [2.24, 2.45) is 0 Å². The molecule has 4 heteroatoms. The monoisotopic (exact) mass is 320 g/mol. The fraction of sp³-hybridized carbons (Fsp3) is 0.400. The highest BCUT2D eigenvalue weighted by Gasteiger charge is 2.17. The number of rotatable bonds is 5. The fourth-order valence-electron chi connectivity index (χ4n) is 3.72. The summed E-state index contributed by atoms with van der Waals surface area (Å²) in [6.07, 6.45) is 11.2. The van der Waals surface area contributed by atoms with Gasteiger partial charge in [-0.3, -0.25) is 0 Å². The second-order valence-electron chi connectivity index (χ2n) is 6.66. The lowest BCUT2D eigenvalue weighted by Gasteiger charge is -2.13. The van der Waals surface area contributed by atoms with Gasteiger partial charge in [-0.15, -0.1) is 0 Å². The number of hydrogen-bond acceptors (Lipinski definition) is 3. The third kappa shape index (κ3) is 2.88. The SMILES string of the molecule is CCCc1nn2ccccc2c1-c1ccnc(NC2CCCC2)c1. The van der Waals surface area contributed by atoms with Gasteiger partial charge in [0.2, 0.25) is 0 Å². The van der Waals surface area contributed by atoms with E-state index in [-0.39, 0.29) is 0 Å². The lowest BCUT2D eigenvalue weighted by atomic mass is 10.0. The van der Waals surface area contributed by atoms with Gasteiger partial charge in [-0.05, 0) is 49.1 Å². The van der Waals surface area contributed by atoms with Crippen LogP contribution in [0.3, 0.4) is 0 Å². The summed E-state index contributed by atoms with van der Waals surface area (Å²) in [7, 11) is 0. The summed E-state index contributed by atoms with van der Waals surface area (Å²) in [4.78, 5) is 4.53. The van der Waals surface area contributed by atoms with E-state index in [0.29, 0.717) is 6.04 Å². The normalized spacial score (nSPS) is 15.2. The van der Waals surface area contributed by atoms with Crippen molar-refractivity contribution in [3.8, 4) is 11.1 Å². The molecule has 3 heterocycles. The summed E-state index contributed by atoms with van der Waals surface area (Å²) in [5.41, 5.74) is 4.78. The first-order valence-corrected chi connectivity index (χ1v) is 9.04. The van der Waals surface area contributed by atoms with Crippen molar-refractivity contribution in [3.63, 3.8) is 0 Å². The van der Waals surface area contributed by atoms with E-state index in [4.69, 9.17) is 5.10 Å². The quantitative estimate of drug-likeness (QED) is 0.740. The van der Waals surface area contributed by atoms with Crippen LogP contribution in [0.1, 0.15) is 44.7 Å². The molecule has 1 saturated carbocycles. The molecule has 0 saturated heterocycles. The molecule has 124 valence electrons. The number of hydrogen-bond donors (Lipinski definition) is 1. The van der Waals surface area contributed by atoms with Crippen molar-refractivity contribution >= 4 is 11.3 Å². The first kappa shape index (κ1) is 15.2. The maximum Gasteiger partial charge on any atom is 0.126 e. The standard InChI is InChI=1S/C20H24N4/c1-2-7-17-20(18-10-5-6-13-24(18)23-17)15-11-12-21-19(14-15)22-16-8-3-4-9-16/h5-6,10-14,16H,2-4,7-9H2,1H3,(H,21,22). The molecule has 3 aromatic heterocycles. The minimum Gasteiger partial charge on any atom is -0.367 e. The fourth-order valence-corrected chi connectivity index (χ4v) is 3.72. The van der Waals surface area contributed by atoms with E-state index < -0.39 is 0 Å². The molecule has 0 unspecified atom stereocenters. The van der Waals surface area contributed by atoms with E-state index in [1.165, 1.54) is 48.0 Å². The summed E-state index contributed by atoms with van der Waals surface area (Å²) in [5, 5.41) is 8.39. The topological polar surface area (TPSA) is 42.2 Å². The van der Waals surface area contributed by atoms with E-state index in [1.807, 2.05) is 23.0 Å². The Hall–Kier alpha value is -2.36. The molecule has 4 nitrogen and oxygen atoms in total. The summed E-state index contributed by atoms with van der Waals surface area (Å²) in [6.45, 7) is 2.20. The third-order valence-electron chi connectivity index (χ3n) is 4.86.